The monoisotopic (exact) mass is 350 g/mol. The van der Waals surface area contributed by atoms with Gasteiger partial charge in [-0.15, -0.1) is 0 Å². The number of nitrogens with one attached hydrogen (secondary N) is 1. The molecule has 0 radical (unpaired) electrons. The molecule has 0 saturated carbocycles. The summed E-state index contributed by atoms with van der Waals surface area (Å²) in [6.07, 6.45) is 0.512. The summed E-state index contributed by atoms with van der Waals surface area (Å²) < 4.78 is 1.47. The number of anilines is 1. The van der Waals surface area contributed by atoms with Crippen LogP contribution in [0.4, 0.5) is 5.69 Å². The van der Waals surface area contributed by atoms with Crippen LogP contribution in [0.3, 0.4) is 0 Å². The molecule has 7 heteroatoms. The van der Waals surface area contributed by atoms with Crippen LogP contribution in [0.25, 0.3) is 10.9 Å². The third-order valence-corrected chi connectivity index (χ3v) is 4.10. The molecular formula is C19H18N4O3. The van der Waals surface area contributed by atoms with E-state index in [-0.39, 0.29) is 17.9 Å². The van der Waals surface area contributed by atoms with Crippen LogP contribution in [0.15, 0.2) is 53.3 Å². The van der Waals surface area contributed by atoms with Gasteiger partial charge in [-0.05, 0) is 36.4 Å². The molecule has 0 unspecified atom stereocenters. The summed E-state index contributed by atoms with van der Waals surface area (Å²) in [7, 11) is 1.65. The Balaban J connectivity index is 1.69. The van der Waals surface area contributed by atoms with Crippen LogP contribution in [-0.4, -0.2) is 21.4 Å². The predicted molar refractivity (Wildman–Crippen MR) is 98.9 cm³/mol. The van der Waals surface area contributed by atoms with E-state index in [1.807, 2.05) is 6.07 Å². The molecule has 3 rings (SSSR count). The number of hydrogen-bond donors (Lipinski definition) is 2. The number of hydrogen-bond acceptors (Lipinski definition) is 4. The minimum atomic E-state index is -0.522. The second-order valence-electron chi connectivity index (χ2n) is 5.90. The summed E-state index contributed by atoms with van der Waals surface area (Å²) in [5.41, 5.74) is 6.61. The van der Waals surface area contributed by atoms with E-state index in [9.17, 15) is 14.4 Å². The zero-order valence-electron chi connectivity index (χ0n) is 14.2. The molecule has 3 N–H and O–H groups in total. The molecule has 0 aliphatic heterocycles. The number of primary amides is 1. The Morgan fingerprint density at radius 1 is 1.12 bits per heavy atom. The number of fused-ring (bicyclic) bond motifs is 1. The van der Waals surface area contributed by atoms with E-state index in [1.165, 1.54) is 4.57 Å². The molecule has 0 bridgehead atoms. The third kappa shape index (κ3) is 3.61. The van der Waals surface area contributed by atoms with Gasteiger partial charge in [0, 0.05) is 31.1 Å². The maximum atomic E-state index is 12.4. The second kappa shape index (κ2) is 7.18. The van der Waals surface area contributed by atoms with Gasteiger partial charge in [0.1, 0.15) is 5.82 Å². The Morgan fingerprint density at radius 3 is 2.50 bits per heavy atom. The van der Waals surface area contributed by atoms with Gasteiger partial charge in [0.15, 0.2) is 0 Å². The van der Waals surface area contributed by atoms with E-state index in [1.54, 1.807) is 49.5 Å². The van der Waals surface area contributed by atoms with Gasteiger partial charge >= 0.3 is 0 Å². The molecule has 0 saturated heterocycles. The number of rotatable bonds is 5. The second-order valence-corrected chi connectivity index (χ2v) is 5.90. The number of nitrogens with two attached hydrogens (primary N) is 1. The van der Waals surface area contributed by atoms with Crippen molar-refractivity contribution >= 4 is 28.4 Å². The summed E-state index contributed by atoms with van der Waals surface area (Å²) in [6, 6.07) is 13.4. The molecule has 3 aromatic rings. The lowest BCUT2D eigenvalue weighted by Gasteiger charge is -2.09. The highest BCUT2D eigenvalue weighted by atomic mass is 16.2. The SMILES string of the molecule is Cn1c(CCC(=O)Nc2ccc(C(N)=O)cc2)nc2ccccc2c1=O. The molecule has 2 aromatic carbocycles. The van der Waals surface area contributed by atoms with Crippen LogP contribution in [0.1, 0.15) is 22.6 Å². The fourth-order valence-electron chi connectivity index (χ4n) is 2.65. The molecule has 26 heavy (non-hydrogen) atoms. The molecule has 132 valence electrons. The van der Waals surface area contributed by atoms with Crippen LogP contribution in [0.2, 0.25) is 0 Å². The molecule has 0 spiro atoms. The molecule has 7 nitrogen and oxygen atoms in total. The Hall–Kier alpha value is -3.48. The van der Waals surface area contributed by atoms with Crippen LogP contribution in [0, 0.1) is 0 Å². The van der Waals surface area contributed by atoms with Crippen molar-refractivity contribution in [2.24, 2.45) is 12.8 Å². The van der Waals surface area contributed by atoms with Gasteiger partial charge in [0.2, 0.25) is 11.8 Å². The number of benzene rings is 2. The van der Waals surface area contributed by atoms with Gasteiger partial charge in [-0.1, -0.05) is 12.1 Å². The van der Waals surface area contributed by atoms with Crippen LogP contribution < -0.4 is 16.6 Å². The first kappa shape index (κ1) is 17.3. The Labute approximate surface area is 149 Å². The van der Waals surface area contributed by atoms with Gasteiger partial charge in [0.25, 0.3) is 5.56 Å². The Kier molecular flexibility index (Phi) is 4.79. The standard InChI is InChI=1S/C19H18N4O3/c1-23-16(22-15-5-3-2-4-14(15)19(23)26)10-11-17(24)21-13-8-6-12(7-9-13)18(20)25/h2-9H,10-11H2,1H3,(H2,20,25)(H,21,24). The minimum Gasteiger partial charge on any atom is -0.366 e. The maximum Gasteiger partial charge on any atom is 0.261 e. The fraction of sp³-hybridized carbons (Fsp3) is 0.158. The van der Waals surface area contributed by atoms with Crippen molar-refractivity contribution in [2.75, 3.05) is 5.32 Å². The average molecular weight is 350 g/mol. The zero-order valence-corrected chi connectivity index (χ0v) is 14.2. The first-order valence-electron chi connectivity index (χ1n) is 8.10. The highest BCUT2D eigenvalue weighted by molar-refractivity contribution is 5.94. The topological polar surface area (TPSA) is 107 Å². The lowest BCUT2D eigenvalue weighted by molar-refractivity contribution is -0.116. The van der Waals surface area contributed by atoms with E-state index in [0.29, 0.717) is 34.4 Å². The first-order valence-corrected chi connectivity index (χ1v) is 8.10. The Morgan fingerprint density at radius 2 is 1.81 bits per heavy atom. The average Bonchev–Trinajstić information content (AvgIpc) is 2.64. The van der Waals surface area contributed by atoms with Gasteiger partial charge in [-0.3, -0.25) is 19.0 Å². The smallest absolute Gasteiger partial charge is 0.261 e. The minimum absolute atomic E-state index is 0.131. The lowest BCUT2D eigenvalue weighted by atomic mass is 10.2. The van der Waals surface area contributed by atoms with Gasteiger partial charge in [0.05, 0.1) is 10.9 Å². The first-order chi connectivity index (χ1) is 12.5. The van der Waals surface area contributed by atoms with E-state index in [2.05, 4.69) is 10.3 Å². The molecule has 0 atom stereocenters. The van der Waals surface area contributed by atoms with E-state index < -0.39 is 5.91 Å². The number of aromatic nitrogens is 2. The molecule has 0 aliphatic rings. The molecule has 2 amide bonds. The number of nitrogens with zero attached hydrogens (tertiary/aromatic N) is 2. The normalized spacial score (nSPS) is 10.7. The van der Waals surface area contributed by atoms with E-state index in [0.717, 1.165) is 0 Å². The highest BCUT2D eigenvalue weighted by Gasteiger charge is 2.10. The number of carbonyl (C=O) groups excluding carboxylic acids is 2. The number of para-hydroxylation sites is 1. The van der Waals surface area contributed by atoms with Gasteiger partial charge in [-0.25, -0.2) is 4.98 Å². The van der Waals surface area contributed by atoms with Crippen molar-refractivity contribution in [3.63, 3.8) is 0 Å². The molecular weight excluding hydrogens is 332 g/mol. The van der Waals surface area contributed by atoms with Crippen molar-refractivity contribution in [3.8, 4) is 0 Å². The lowest BCUT2D eigenvalue weighted by Crippen LogP contribution is -2.23. The van der Waals surface area contributed by atoms with Gasteiger partial charge < -0.3 is 11.1 Å². The summed E-state index contributed by atoms with van der Waals surface area (Å²) in [5, 5.41) is 3.30. The van der Waals surface area contributed by atoms with Crippen molar-refractivity contribution in [2.45, 2.75) is 12.8 Å². The summed E-state index contributed by atoms with van der Waals surface area (Å²) >= 11 is 0. The van der Waals surface area contributed by atoms with Crippen molar-refractivity contribution < 1.29 is 9.59 Å². The van der Waals surface area contributed by atoms with Crippen LogP contribution in [-0.2, 0) is 18.3 Å². The highest BCUT2D eigenvalue weighted by Crippen LogP contribution is 2.11. The van der Waals surface area contributed by atoms with Crippen molar-refractivity contribution in [3.05, 3.63) is 70.3 Å². The molecule has 0 aliphatic carbocycles. The molecule has 0 fully saturated rings. The van der Waals surface area contributed by atoms with Gasteiger partial charge in [-0.2, -0.15) is 0 Å². The van der Waals surface area contributed by atoms with Crippen LogP contribution >= 0.6 is 0 Å². The fourth-order valence-corrected chi connectivity index (χ4v) is 2.65. The zero-order chi connectivity index (χ0) is 18.7. The van der Waals surface area contributed by atoms with E-state index in [4.69, 9.17) is 5.73 Å². The summed E-state index contributed by atoms with van der Waals surface area (Å²) in [4.78, 5) is 40.0. The number of amides is 2. The summed E-state index contributed by atoms with van der Waals surface area (Å²) in [6.45, 7) is 0. The maximum absolute atomic E-state index is 12.4. The predicted octanol–water partition coefficient (Wildman–Crippen LogP) is 1.60. The van der Waals surface area contributed by atoms with Crippen LogP contribution in [0.5, 0.6) is 0 Å². The van der Waals surface area contributed by atoms with E-state index >= 15 is 0 Å². The Bertz CT molecular complexity index is 1040. The summed E-state index contributed by atoms with van der Waals surface area (Å²) in [5.74, 6) is -0.182. The number of aryl methyl sites for hydroxylation is 1. The van der Waals surface area contributed by atoms with Crippen molar-refractivity contribution in [1.82, 2.24) is 9.55 Å². The third-order valence-electron chi connectivity index (χ3n) is 4.10. The largest absolute Gasteiger partial charge is 0.366 e. The van der Waals surface area contributed by atoms with Crippen molar-refractivity contribution in [1.29, 1.82) is 0 Å². The number of carbonyl (C=O) groups is 2. The molecule has 1 heterocycles. The molecule has 1 aromatic heterocycles. The quantitative estimate of drug-likeness (QED) is 0.729.